The first kappa shape index (κ1) is 14.0. The molecule has 1 aromatic carbocycles. The summed E-state index contributed by atoms with van der Waals surface area (Å²) in [4.78, 5) is 5.95. The fraction of sp³-hybridized carbons (Fsp3) is 0.588. The Bertz CT molecular complexity index is 447. The Morgan fingerprint density at radius 2 is 1.85 bits per heavy atom. The molecule has 1 fully saturated rings. The number of nitrogens with one attached hydrogen (secondary N) is 1. The topological polar surface area (TPSA) is 24.4 Å². The molecule has 0 bridgehead atoms. The molecule has 0 unspecified atom stereocenters. The number of nitrogens with zero attached hydrogens (tertiary/aromatic N) is 1. The summed E-state index contributed by atoms with van der Waals surface area (Å²) in [7, 11) is 0. The zero-order chi connectivity index (χ0) is 13.6. The van der Waals surface area contributed by atoms with E-state index in [9.17, 15) is 0 Å². The van der Waals surface area contributed by atoms with Gasteiger partial charge in [0, 0.05) is 29.3 Å². The largest absolute Gasteiger partial charge is 0.370 e. The second-order valence-electron chi connectivity index (χ2n) is 5.85. The van der Waals surface area contributed by atoms with Crippen LogP contribution in [0.2, 0.25) is 0 Å². The van der Waals surface area contributed by atoms with Gasteiger partial charge in [0.2, 0.25) is 0 Å². The van der Waals surface area contributed by atoms with Crippen molar-refractivity contribution in [2.45, 2.75) is 43.4 Å². The molecule has 108 valence electrons. The van der Waals surface area contributed by atoms with Gasteiger partial charge in [-0.15, -0.1) is 11.8 Å². The van der Waals surface area contributed by atoms with E-state index in [1.165, 1.54) is 48.3 Å². The fourth-order valence-corrected chi connectivity index (χ4v) is 4.09. The molecule has 0 aromatic heterocycles. The van der Waals surface area contributed by atoms with Crippen LogP contribution in [0.15, 0.2) is 34.2 Å². The summed E-state index contributed by atoms with van der Waals surface area (Å²) in [5, 5.41) is 3.38. The predicted molar refractivity (Wildman–Crippen MR) is 87.8 cm³/mol. The Hall–Kier alpha value is -0.960. The van der Waals surface area contributed by atoms with E-state index in [0.717, 1.165) is 31.3 Å². The van der Waals surface area contributed by atoms with Gasteiger partial charge >= 0.3 is 0 Å². The van der Waals surface area contributed by atoms with Gasteiger partial charge in [0.25, 0.3) is 0 Å². The second kappa shape index (κ2) is 7.16. The molecule has 0 atom stereocenters. The standard InChI is InChI=1S/C17H24N2S/c1-2-5-14(6-3-1)13-20-16-9-7-15(8-10-16)17-18-11-4-12-19-17/h7-10,14H,1-6,11-13H2,(H,18,19). The quantitative estimate of drug-likeness (QED) is 0.844. The minimum absolute atomic E-state index is 0.942. The number of benzene rings is 1. The molecule has 1 heterocycles. The van der Waals surface area contributed by atoms with E-state index in [1.807, 2.05) is 11.8 Å². The minimum Gasteiger partial charge on any atom is -0.370 e. The number of rotatable bonds is 4. The van der Waals surface area contributed by atoms with Gasteiger partial charge in [0.05, 0.1) is 0 Å². The zero-order valence-corrected chi connectivity index (χ0v) is 12.9. The highest BCUT2D eigenvalue weighted by Crippen LogP contribution is 2.30. The summed E-state index contributed by atoms with van der Waals surface area (Å²) in [6.07, 6.45) is 8.35. The Kier molecular flexibility index (Phi) is 5.01. The Labute approximate surface area is 126 Å². The highest BCUT2D eigenvalue weighted by atomic mass is 32.2. The van der Waals surface area contributed by atoms with Crippen molar-refractivity contribution in [3.63, 3.8) is 0 Å². The molecule has 0 saturated heterocycles. The van der Waals surface area contributed by atoms with Gasteiger partial charge in [-0.05, 0) is 37.3 Å². The van der Waals surface area contributed by atoms with E-state index in [2.05, 4.69) is 34.6 Å². The molecular weight excluding hydrogens is 264 g/mol. The zero-order valence-electron chi connectivity index (χ0n) is 12.1. The van der Waals surface area contributed by atoms with Gasteiger partial charge in [0.15, 0.2) is 0 Å². The van der Waals surface area contributed by atoms with Crippen LogP contribution in [0.3, 0.4) is 0 Å². The highest BCUT2D eigenvalue weighted by molar-refractivity contribution is 7.99. The molecule has 1 N–H and O–H groups in total. The monoisotopic (exact) mass is 288 g/mol. The molecule has 0 amide bonds. The molecule has 3 rings (SSSR count). The first-order valence-electron chi connectivity index (χ1n) is 7.93. The van der Waals surface area contributed by atoms with E-state index in [0.29, 0.717) is 0 Å². The molecule has 0 radical (unpaired) electrons. The Morgan fingerprint density at radius 3 is 2.55 bits per heavy atom. The lowest BCUT2D eigenvalue weighted by molar-refractivity contribution is 0.391. The normalized spacial score (nSPS) is 20.3. The van der Waals surface area contributed by atoms with E-state index in [1.54, 1.807) is 0 Å². The molecular formula is C17H24N2S. The third kappa shape index (κ3) is 3.78. The van der Waals surface area contributed by atoms with Crippen LogP contribution in [0.25, 0.3) is 0 Å². The molecule has 2 nitrogen and oxygen atoms in total. The lowest BCUT2D eigenvalue weighted by Gasteiger charge is -2.21. The smallest absolute Gasteiger partial charge is 0.128 e. The molecule has 1 aromatic rings. The summed E-state index contributed by atoms with van der Waals surface area (Å²) >= 11 is 2.02. The number of hydrogen-bond acceptors (Lipinski definition) is 3. The molecule has 0 spiro atoms. The van der Waals surface area contributed by atoms with Crippen molar-refractivity contribution in [2.75, 3.05) is 18.8 Å². The summed E-state index contributed by atoms with van der Waals surface area (Å²) in [5.74, 6) is 3.30. The van der Waals surface area contributed by atoms with Crippen molar-refractivity contribution in [1.82, 2.24) is 5.32 Å². The van der Waals surface area contributed by atoms with Crippen LogP contribution in [-0.4, -0.2) is 24.7 Å². The fourth-order valence-electron chi connectivity index (χ4n) is 3.00. The second-order valence-corrected chi connectivity index (χ2v) is 6.94. The molecule has 2 aliphatic rings. The summed E-state index contributed by atoms with van der Waals surface area (Å²) in [6.45, 7) is 2.01. The van der Waals surface area contributed by atoms with Crippen molar-refractivity contribution < 1.29 is 0 Å². The van der Waals surface area contributed by atoms with Gasteiger partial charge in [-0.2, -0.15) is 0 Å². The van der Waals surface area contributed by atoms with E-state index in [-0.39, 0.29) is 0 Å². The van der Waals surface area contributed by atoms with Crippen molar-refractivity contribution >= 4 is 17.6 Å². The summed E-state index contributed by atoms with van der Waals surface area (Å²) in [6, 6.07) is 8.92. The number of amidine groups is 1. The molecule has 20 heavy (non-hydrogen) atoms. The SMILES string of the molecule is c1cc(C2=NCCCN2)ccc1SCC1CCCCC1. The molecule has 1 aliphatic heterocycles. The molecule has 3 heteroatoms. The number of thioether (sulfide) groups is 1. The van der Waals surface area contributed by atoms with Crippen molar-refractivity contribution in [3.05, 3.63) is 29.8 Å². The predicted octanol–water partition coefficient (Wildman–Crippen LogP) is 4.10. The summed E-state index contributed by atoms with van der Waals surface area (Å²) in [5.41, 5.74) is 1.23. The lowest BCUT2D eigenvalue weighted by atomic mass is 9.91. The summed E-state index contributed by atoms with van der Waals surface area (Å²) < 4.78 is 0. The maximum Gasteiger partial charge on any atom is 0.128 e. The Morgan fingerprint density at radius 1 is 1.05 bits per heavy atom. The maximum atomic E-state index is 4.55. The van der Waals surface area contributed by atoms with Crippen LogP contribution in [0.4, 0.5) is 0 Å². The average molecular weight is 288 g/mol. The third-order valence-electron chi connectivity index (χ3n) is 4.24. The van der Waals surface area contributed by atoms with Gasteiger partial charge in [-0.1, -0.05) is 31.4 Å². The van der Waals surface area contributed by atoms with Crippen molar-refractivity contribution in [1.29, 1.82) is 0 Å². The van der Waals surface area contributed by atoms with Gasteiger partial charge in [-0.25, -0.2) is 0 Å². The van der Waals surface area contributed by atoms with Crippen LogP contribution >= 0.6 is 11.8 Å². The molecule has 1 aliphatic carbocycles. The van der Waals surface area contributed by atoms with Crippen LogP contribution < -0.4 is 5.32 Å². The van der Waals surface area contributed by atoms with Crippen LogP contribution in [0.5, 0.6) is 0 Å². The lowest BCUT2D eigenvalue weighted by Crippen LogP contribution is -2.30. The van der Waals surface area contributed by atoms with Gasteiger partial charge in [0.1, 0.15) is 5.84 Å². The van der Waals surface area contributed by atoms with Crippen LogP contribution in [-0.2, 0) is 0 Å². The van der Waals surface area contributed by atoms with Crippen molar-refractivity contribution in [2.24, 2.45) is 10.9 Å². The minimum atomic E-state index is 0.942. The highest BCUT2D eigenvalue weighted by Gasteiger charge is 2.13. The third-order valence-corrected chi connectivity index (χ3v) is 5.48. The first-order valence-corrected chi connectivity index (χ1v) is 8.92. The van der Waals surface area contributed by atoms with E-state index < -0.39 is 0 Å². The van der Waals surface area contributed by atoms with Crippen molar-refractivity contribution in [3.8, 4) is 0 Å². The van der Waals surface area contributed by atoms with E-state index in [4.69, 9.17) is 0 Å². The number of aliphatic imine (C=N–C) groups is 1. The average Bonchev–Trinajstić information content (AvgIpc) is 2.55. The first-order chi connectivity index (χ1) is 9.92. The maximum absolute atomic E-state index is 4.55. The van der Waals surface area contributed by atoms with E-state index >= 15 is 0 Å². The van der Waals surface area contributed by atoms with Gasteiger partial charge < -0.3 is 5.32 Å². The number of hydrogen-bond donors (Lipinski definition) is 1. The van der Waals surface area contributed by atoms with Crippen LogP contribution in [0, 0.1) is 5.92 Å². The molecule has 1 saturated carbocycles. The van der Waals surface area contributed by atoms with Gasteiger partial charge in [-0.3, -0.25) is 4.99 Å². The Balaban J connectivity index is 1.54. The van der Waals surface area contributed by atoms with Crippen LogP contribution in [0.1, 0.15) is 44.1 Å².